The molecular formula is C52H35NS2. The molecule has 8 aromatic carbocycles. The monoisotopic (exact) mass is 737 g/mol. The van der Waals surface area contributed by atoms with Gasteiger partial charge in [0, 0.05) is 62.8 Å². The standard InChI is InChI=1S/C52H35NS2/c1-51(2)42-17-7-9-19-44(42)52(45-20-10-8-18-43(45)51)41-16-6-3-13-35(41)36-26-23-34(31-46(36)52)53(32-24-27-49-39(29-32)37-14-4-11-21-47(37)54-49)33-25-28-50-40(30-33)38-15-5-12-22-48(38)55-50/h3-31H,1-2H3. The number of hydrogen-bond acceptors (Lipinski definition) is 3. The van der Waals surface area contributed by atoms with Gasteiger partial charge in [-0.1, -0.05) is 129 Å². The molecular weight excluding hydrogens is 703 g/mol. The van der Waals surface area contributed by atoms with E-state index in [-0.39, 0.29) is 5.41 Å². The van der Waals surface area contributed by atoms with Gasteiger partial charge in [0.05, 0.1) is 5.41 Å². The number of nitrogens with zero attached hydrogens (tertiary/aromatic N) is 1. The van der Waals surface area contributed by atoms with E-state index in [0.29, 0.717) is 0 Å². The minimum atomic E-state index is -0.461. The normalized spacial score (nSPS) is 14.7. The van der Waals surface area contributed by atoms with E-state index in [1.807, 2.05) is 22.7 Å². The Morgan fingerprint density at radius 3 is 1.35 bits per heavy atom. The van der Waals surface area contributed by atoms with E-state index in [0.717, 1.165) is 17.1 Å². The Hall–Kier alpha value is -6.00. The molecule has 55 heavy (non-hydrogen) atoms. The number of anilines is 3. The second-order valence-corrected chi connectivity index (χ2v) is 17.8. The van der Waals surface area contributed by atoms with Crippen LogP contribution in [0.4, 0.5) is 17.1 Å². The van der Waals surface area contributed by atoms with Crippen molar-refractivity contribution in [3.05, 3.63) is 209 Å². The second kappa shape index (κ2) is 11.3. The van der Waals surface area contributed by atoms with Gasteiger partial charge in [-0.25, -0.2) is 0 Å². The molecule has 0 saturated heterocycles. The fourth-order valence-electron chi connectivity index (χ4n) is 10.1. The molecule has 2 heterocycles. The number of hydrogen-bond donors (Lipinski definition) is 0. The van der Waals surface area contributed by atoms with E-state index in [9.17, 15) is 0 Å². The molecule has 0 aliphatic heterocycles. The van der Waals surface area contributed by atoms with Crippen LogP contribution in [0, 0.1) is 0 Å². The van der Waals surface area contributed by atoms with Gasteiger partial charge in [0.1, 0.15) is 0 Å². The van der Waals surface area contributed by atoms with Crippen LogP contribution in [0.1, 0.15) is 47.2 Å². The van der Waals surface area contributed by atoms with Crippen LogP contribution in [0.3, 0.4) is 0 Å². The first kappa shape index (κ1) is 31.4. The molecule has 260 valence electrons. The topological polar surface area (TPSA) is 3.24 Å². The Morgan fingerprint density at radius 2 is 0.764 bits per heavy atom. The summed E-state index contributed by atoms with van der Waals surface area (Å²) in [6.07, 6.45) is 0. The fraction of sp³-hybridized carbons (Fsp3) is 0.0769. The zero-order chi connectivity index (χ0) is 36.5. The van der Waals surface area contributed by atoms with Crippen molar-refractivity contribution in [3.63, 3.8) is 0 Å². The first-order chi connectivity index (χ1) is 27.0. The number of thiophene rings is 2. The lowest BCUT2D eigenvalue weighted by atomic mass is 9.55. The summed E-state index contributed by atoms with van der Waals surface area (Å²) in [7, 11) is 0. The summed E-state index contributed by atoms with van der Waals surface area (Å²) in [5, 5.41) is 5.22. The van der Waals surface area contributed by atoms with Gasteiger partial charge in [0.2, 0.25) is 0 Å². The number of rotatable bonds is 3. The van der Waals surface area contributed by atoms with Crippen LogP contribution >= 0.6 is 22.7 Å². The smallest absolute Gasteiger partial charge is 0.0720 e. The largest absolute Gasteiger partial charge is 0.310 e. The average molecular weight is 738 g/mol. The summed E-state index contributed by atoms with van der Waals surface area (Å²) in [6.45, 7) is 4.79. The molecule has 2 aliphatic rings. The molecule has 0 amide bonds. The van der Waals surface area contributed by atoms with Gasteiger partial charge in [0.25, 0.3) is 0 Å². The molecule has 0 bridgehead atoms. The van der Waals surface area contributed by atoms with Gasteiger partial charge in [0.15, 0.2) is 0 Å². The zero-order valence-corrected chi connectivity index (χ0v) is 32.1. The highest BCUT2D eigenvalue weighted by Gasteiger charge is 2.53. The van der Waals surface area contributed by atoms with Crippen molar-refractivity contribution in [2.45, 2.75) is 24.7 Å². The lowest BCUT2D eigenvalue weighted by molar-refractivity contribution is 0.563. The predicted octanol–water partition coefficient (Wildman–Crippen LogP) is 14.9. The van der Waals surface area contributed by atoms with Crippen molar-refractivity contribution in [3.8, 4) is 11.1 Å². The van der Waals surface area contributed by atoms with Crippen molar-refractivity contribution >= 4 is 80.1 Å². The maximum Gasteiger partial charge on any atom is 0.0720 e. The second-order valence-electron chi connectivity index (χ2n) is 15.6. The number of benzene rings is 8. The van der Waals surface area contributed by atoms with Crippen LogP contribution in [0.5, 0.6) is 0 Å². The van der Waals surface area contributed by atoms with Crippen molar-refractivity contribution < 1.29 is 0 Å². The Morgan fingerprint density at radius 1 is 0.345 bits per heavy atom. The summed E-state index contributed by atoms with van der Waals surface area (Å²) >= 11 is 3.74. The summed E-state index contributed by atoms with van der Waals surface area (Å²) in [6, 6.07) is 66.6. The summed E-state index contributed by atoms with van der Waals surface area (Å²) in [5.41, 5.74) is 13.7. The van der Waals surface area contributed by atoms with Gasteiger partial charge < -0.3 is 4.90 Å². The van der Waals surface area contributed by atoms with E-state index in [2.05, 4.69) is 195 Å². The molecule has 0 radical (unpaired) electrons. The van der Waals surface area contributed by atoms with E-state index in [1.165, 1.54) is 84.9 Å². The van der Waals surface area contributed by atoms with Crippen LogP contribution in [0.15, 0.2) is 176 Å². The molecule has 3 heteroatoms. The molecule has 2 aliphatic carbocycles. The lowest BCUT2D eigenvalue weighted by Crippen LogP contribution is -2.40. The summed E-state index contributed by atoms with van der Waals surface area (Å²) in [4.78, 5) is 2.50. The Kier molecular flexibility index (Phi) is 6.43. The first-order valence-corrected chi connectivity index (χ1v) is 20.7. The van der Waals surface area contributed by atoms with E-state index < -0.39 is 5.41 Å². The van der Waals surface area contributed by atoms with E-state index >= 15 is 0 Å². The number of fused-ring (bicyclic) bond motifs is 15. The predicted molar refractivity (Wildman–Crippen MR) is 236 cm³/mol. The Bertz CT molecular complexity index is 3050. The molecule has 0 fully saturated rings. The first-order valence-electron chi connectivity index (χ1n) is 19.1. The van der Waals surface area contributed by atoms with E-state index in [4.69, 9.17) is 0 Å². The van der Waals surface area contributed by atoms with Crippen molar-refractivity contribution in [2.75, 3.05) is 4.90 Å². The van der Waals surface area contributed by atoms with Crippen molar-refractivity contribution in [2.24, 2.45) is 0 Å². The highest BCUT2D eigenvalue weighted by atomic mass is 32.1. The van der Waals surface area contributed by atoms with Crippen LogP contribution in [0.2, 0.25) is 0 Å². The Labute approximate surface area is 328 Å². The molecule has 12 rings (SSSR count). The van der Waals surface area contributed by atoms with Crippen molar-refractivity contribution in [1.82, 2.24) is 0 Å². The van der Waals surface area contributed by atoms with Gasteiger partial charge in [-0.15, -0.1) is 22.7 Å². The van der Waals surface area contributed by atoms with Gasteiger partial charge in [-0.2, -0.15) is 0 Å². The third-order valence-corrected chi connectivity index (χ3v) is 14.8. The summed E-state index contributed by atoms with van der Waals surface area (Å²) < 4.78 is 5.26. The molecule has 1 spiro atoms. The quantitative estimate of drug-likeness (QED) is 0.175. The summed E-state index contributed by atoms with van der Waals surface area (Å²) in [5.74, 6) is 0. The molecule has 1 nitrogen and oxygen atoms in total. The van der Waals surface area contributed by atoms with Gasteiger partial charge in [-0.05, 0) is 105 Å². The Balaban J connectivity index is 1.16. The molecule has 0 unspecified atom stereocenters. The average Bonchev–Trinajstić information content (AvgIpc) is 3.88. The van der Waals surface area contributed by atoms with Gasteiger partial charge in [-0.3, -0.25) is 0 Å². The maximum atomic E-state index is 2.52. The third-order valence-electron chi connectivity index (χ3n) is 12.5. The highest BCUT2D eigenvalue weighted by Crippen LogP contribution is 2.62. The molecule has 0 N–H and O–H groups in total. The van der Waals surface area contributed by atoms with Gasteiger partial charge >= 0.3 is 0 Å². The molecule has 0 atom stereocenters. The zero-order valence-electron chi connectivity index (χ0n) is 30.5. The molecule has 2 aromatic heterocycles. The SMILES string of the molecule is CC1(C)c2ccccc2C2(c3ccccc3-c3ccc(N(c4ccc5sc6ccccc6c5c4)c4ccc5sc6ccccc6c5c4)cc32)c2ccccc21. The lowest BCUT2D eigenvalue weighted by Gasteiger charge is -2.46. The minimum Gasteiger partial charge on any atom is -0.310 e. The molecule has 0 saturated carbocycles. The van der Waals surface area contributed by atoms with Crippen molar-refractivity contribution in [1.29, 1.82) is 0 Å². The third kappa shape index (κ3) is 4.17. The van der Waals surface area contributed by atoms with E-state index in [1.54, 1.807) is 0 Å². The van der Waals surface area contributed by atoms with Crippen LogP contribution in [-0.2, 0) is 10.8 Å². The van der Waals surface area contributed by atoms with Crippen LogP contribution in [0.25, 0.3) is 51.5 Å². The van der Waals surface area contributed by atoms with Crippen LogP contribution < -0.4 is 4.90 Å². The minimum absolute atomic E-state index is 0.142. The maximum absolute atomic E-state index is 2.52. The highest BCUT2D eigenvalue weighted by molar-refractivity contribution is 7.26. The molecule has 10 aromatic rings. The van der Waals surface area contributed by atoms with Crippen LogP contribution in [-0.4, -0.2) is 0 Å². The fourth-order valence-corrected chi connectivity index (χ4v) is 12.3.